The van der Waals surface area contributed by atoms with Gasteiger partial charge in [0.05, 0.1) is 12.1 Å². The normalized spacial score (nSPS) is 19.9. The van der Waals surface area contributed by atoms with Crippen LogP contribution in [0.4, 0.5) is 13.2 Å². The minimum Gasteiger partial charge on any atom is -0.475 e. The summed E-state index contributed by atoms with van der Waals surface area (Å²) in [7, 11) is 0. The maximum atomic E-state index is 12.2. The molecule has 0 bridgehead atoms. The van der Waals surface area contributed by atoms with Crippen molar-refractivity contribution in [2.24, 2.45) is 0 Å². The van der Waals surface area contributed by atoms with E-state index in [0.717, 1.165) is 39.0 Å². The monoisotopic (exact) mass is 529 g/mol. The van der Waals surface area contributed by atoms with Gasteiger partial charge in [0.15, 0.2) is 0 Å². The average Bonchev–Trinajstić information content (AvgIpc) is 3.64. The van der Waals surface area contributed by atoms with Gasteiger partial charge in [0.25, 0.3) is 0 Å². The second kappa shape index (κ2) is 10.4. The fourth-order valence-corrected chi connectivity index (χ4v) is 5.17. The number of amides is 1. The molecule has 7 nitrogen and oxygen atoms in total. The second-order valence-corrected chi connectivity index (χ2v) is 10.3. The first-order chi connectivity index (χ1) is 18.1. The molecule has 10 heteroatoms. The van der Waals surface area contributed by atoms with Crippen molar-refractivity contribution in [3.63, 3.8) is 0 Å². The molecule has 2 aromatic carbocycles. The largest absolute Gasteiger partial charge is 0.490 e. The Bertz CT molecular complexity index is 1290. The Morgan fingerprint density at radius 2 is 1.71 bits per heavy atom. The Hall–Kier alpha value is -3.37. The number of aliphatic carboxylic acids is 1. The van der Waals surface area contributed by atoms with Gasteiger partial charge in [0, 0.05) is 37.4 Å². The van der Waals surface area contributed by atoms with E-state index in [2.05, 4.69) is 63.3 Å². The summed E-state index contributed by atoms with van der Waals surface area (Å²) in [6.07, 6.45) is 1.26. The number of alkyl halides is 3. The zero-order valence-corrected chi connectivity index (χ0v) is 20.8. The number of aromatic amines is 1. The van der Waals surface area contributed by atoms with E-state index in [-0.39, 0.29) is 18.1 Å². The van der Waals surface area contributed by atoms with Gasteiger partial charge in [-0.1, -0.05) is 36.4 Å². The quantitative estimate of drug-likeness (QED) is 0.506. The molecule has 1 aliphatic carbocycles. The minimum absolute atomic E-state index is 0.118. The molecule has 1 amide bonds. The number of hydrogen-bond donors (Lipinski definition) is 2. The Balaban J connectivity index is 0.000000374. The number of carbonyl (C=O) groups excluding carboxylic acids is 1. The Labute approximate surface area is 218 Å². The van der Waals surface area contributed by atoms with Crippen LogP contribution in [0, 0.1) is 0 Å². The van der Waals surface area contributed by atoms with Gasteiger partial charge in [-0.3, -0.25) is 9.69 Å². The number of fused-ring (bicyclic) bond motifs is 1. The molecule has 0 radical (unpaired) electrons. The van der Waals surface area contributed by atoms with Crippen LogP contribution in [0.5, 0.6) is 0 Å². The predicted molar refractivity (Wildman–Crippen MR) is 135 cm³/mol. The minimum atomic E-state index is -5.08. The second-order valence-electron chi connectivity index (χ2n) is 10.3. The van der Waals surface area contributed by atoms with Gasteiger partial charge in [0.1, 0.15) is 6.61 Å². The number of nitrogens with one attached hydrogen (secondary N) is 1. The molecule has 38 heavy (non-hydrogen) atoms. The van der Waals surface area contributed by atoms with Gasteiger partial charge < -0.3 is 19.7 Å². The molecule has 1 spiro atoms. The third kappa shape index (κ3) is 6.02. The Morgan fingerprint density at radius 3 is 2.34 bits per heavy atom. The summed E-state index contributed by atoms with van der Waals surface area (Å²) in [5, 5.41) is 8.37. The number of ether oxygens (including phenoxy) is 1. The molecule has 0 unspecified atom stereocenters. The molecular formula is C28H30F3N3O4. The zero-order chi connectivity index (χ0) is 26.9. The smallest absolute Gasteiger partial charge is 0.475 e. The summed E-state index contributed by atoms with van der Waals surface area (Å²) < 4.78 is 37.8. The number of benzene rings is 2. The summed E-state index contributed by atoms with van der Waals surface area (Å²) in [5.74, 6) is -2.57. The average molecular weight is 530 g/mol. The van der Waals surface area contributed by atoms with E-state index in [1.807, 2.05) is 6.20 Å². The SMILES string of the molecule is O=C(O)C(F)(F)F.O=C1COC2(CCN(Cc3ccc(-c4ccc5cc[nH]c5c4)cc3)CC2)CN1C1CC1. The van der Waals surface area contributed by atoms with E-state index in [1.54, 1.807) is 0 Å². The van der Waals surface area contributed by atoms with Crippen LogP contribution >= 0.6 is 0 Å². The van der Waals surface area contributed by atoms with Crippen LogP contribution in [0.1, 0.15) is 31.2 Å². The lowest BCUT2D eigenvalue weighted by Crippen LogP contribution is -2.59. The number of aromatic nitrogens is 1. The van der Waals surface area contributed by atoms with Crippen molar-refractivity contribution in [3.05, 3.63) is 60.3 Å². The molecule has 202 valence electrons. The summed E-state index contributed by atoms with van der Waals surface area (Å²) in [5.41, 5.74) is 4.90. The number of carboxylic acids is 1. The lowest BCUT2D eigenvalue weighted by Gasteiger charge is -2.47. The van der Waals surface area contributed by atoms with Crippen LogP contribution in [-0.2, 0) is 20.9 Å². The number of likely N-dealkylation sites (tertiary alicyclic amines) is 1. The van der Waals surface area contributed by atoms with Gasteiger partial charge in [0.2, 0.25) is 5.91 Å². The van der Waals surface area contributed by atoms with Gasteiger partial charge in [-0.2, -0.15) is 13.2 Å². The van der Waals surface area contributed by atoms with Crippen molar-refractivity contribution in [1.29, 1.82) is 0 Å². The highest BCUT2D eigenvalue weighted by molar-refractivity contribution is 5.84. The van der Waals surface area contributed by atoms with E-state index >= 15 is 0 Å². The molecule has 1 saturated carbocycles. The standard InChI is InChI=1S/C26H29N3O2.C2HF3O2/c30-25-17-31-26(18-29(25)23-7-8-23)10-13-28(14-11-26)16-19-1-3-20(4-2-19)22-6-5-21-9-12-27-24(21)15-22;3-2(4,5)1(6)7/h1-6,9,12,15,23,27H,7-8,10-11,13-14,16-18H2;(H,6,7). The van der Waals surface area contributed by atoms with Crippen LogP contribution in [0.15, 0.2) is 54.7 Å². The number of carboxylic acid groups (broad SMARTS) is 1. The van der Waals surface area contributed by atoms with Crippen molar-refractivity contribution < 1.29 is 32.6 Å². The number of H-pyrrole nitrogens is 1. The fraction of sp³-hybridized carbons (Fsp3) is 0.429. The third-order valence-corrected chi connectivity index (χ3v) is 7.53. The first kappa shape index (κ1) is 26.2. The van der Waals surface area contributed by atoms with E-state index in [4.69, 9.17) is 14.6 Å². The lowest BCUT2D eigenvalue weighted by molar-refractivity contribution is -0.192. The van der Waals surface area contributed by atoms with Gasteiger partial charge in [-0.15, -0.1) is 0 Å². The first-order valence-corrected chi connectivity index (χ1v) is 12.7. The molecule has 2 saturated heterocycles. The third-order valence-electron chi connectivity index (χ3n) is 7.53. The van der Waals surface area contributed by atoms with Crippen LogP contribution in [0.25, 0.3) is 22.0 Å². The molecule has 1 aromatic heterocycles. The molecule has 2 N–H and O–H groups in total. The van der Waals surface area contributed by atoms with Crippen LogP contribution in [0.2, 0.25) is 0 Å². The summed E-state index contributed by atoms with van der Waals surface area (Å²) in [6.45, 7) is 4.09. The van der Waals surface area contributed by atoms with E-state index < -0.39 is 12.1 Å². The number of halogens is 3. The van der Waals surface area contributed by atoms with Crippen LogP contribution in [-0.4, -0.2) is 75.8 Å². The molecule has 3 aromatic rings. The van der Waals surface area contributed by atoms with Crippen molar-refractivity contribution in [2.45, 2.75) is 50.0 Å². The van der Waals surface area contributed by atoms with E-state index in [9.17, 15) is 18.0 Å². The highest BCUT2D eigenvalue weighted by atomic mass is 19.4. The first-order valence-electron chi connectivity index (χ1n) is 12.7. The number of rotatable bonds is 4. The Morgan fingerprint density at radius 1 is 1.05 bits per heavy atom. The van der Waals surface area contributed by atoms with Crippen LogP contribution in [0.3, 0.4) is 0 Å². The molecule has 3 aliphatic rings. The Kier molecular flexibility index (Phi) is 7.19. The number of hydrogen-bond acceptors (Lipinski definition) is 4. The highest BCUT2D eigenvalue weighted by Gasteiger charge is 2.46. The summed E-state index contributed by atoms with van der Waals surface area (Å²) >= 11 is 0. The molecule has 0 atom stereocenters. The number of piperidine rings is 1. The van der Waals surface area contributed by atoms with Crippen molar-refractivity contribution in [1.82, 2.24) is 14.8 Å². The molecule has 3 fully saturated rings. The number of nitrogens with zero attached hydrogens (tertiary/aromatic N) is 2. The zero-order valence-electron chi connectivity index (χ0n) is 20.8. The molecule has 3 heterocycles. The number of morpholine rings is 1. The van der Waals surface area contributed by atoms with Crippen molar-refractivity contribution >= 4 is 22.8 Å². The highest BCUT2D eigenvalue weighted by Crippen LogP contribution is 2.36. The maximum absolute atomic E-state index is 12.2. The molecular weight excluding hydrogens is 499 g/mol. The topological polar surface area (TPSA) is 85.9 Å². The fourth-order valence-electron chi connectivity index (χ4n) is 5.17. The van der Waals surface area contributed by atoms with Crippen molar-refractivity contribution in [3.8, 4) is 11.1 Å². The van der Waals surface area contributed by atoms with Gasteiger partial charge in [-0.25, -0.2) is 4.79 Å². The van der Waals surface area contributed by atoms with Crippen LogP contribution < -0.4 is 0 Å². The lowest BCUT2D eigenvalue weighted by atomic mass is 9.89. The summed E-state index contributed by atoms with van der Waals surface area (Å²) in [6, 6.07) is 18.1. The number of carbonyl (C=O) groups is 2. The maximum Gasteiger partial charge on any atom is 0.490 e. The van der Waals surface area contributed by atoms with Crippen molar-refractivity contribution in [2.75, 3.05) is 26.2 Å². The van der Waals surface area contributed by atoms with E-state index in [0.29, 0.717) is 6.04 Å². The predicted octanol–water partition coefficient (Wildman–Crippen LogP) is 4.82. The molecule has 2 aliphatic heterocycles. The summed E-state index contributed by atoms with van der Waals surface area (Å²) in [4.78, 5) is 29.0. The van der Waals surface area contributed by atoms with Gasteiger partial charge in [-0.05, 0) is 59.9 Å². The molecule has 6 rings (SSSR count). The van der Waals surface area contributed by atoms with E-state index in [1.165, 1.54) is 40.4 Å². The van der Waals surface area contributed by atoms with Gasteiger partial charge >= 0.3 is 12.1 Å².